The molecule has 1 amide bonds. The molecule has 1 aromatic carbocycles. The fourth-order valence-corrected chi connectivity index (χ4v) is 4.65. The van der Waals surface area contributed by atoms with Gasteiger partial charge in [-0.05, 0) is 49.4 Å². The van der Waals surface area contributed by atoms with Gasteiger partial charge in [-0.2, -0.15) is 13.2 Å². The summed E-state index contributed by atoms with van der Waals surface area (Å²) in [5.41, 5.74) is 1.58. The second-order valence-electron chi connectivity index (χ2n) is 6.91. The van der Waals surface area contributed by atoms with Crippen LogP contribution in [-0.4, -0.2) is 51.3 Å². The lowest BCUT2D eigenvalue weighted by molar-refractivity contribution is -0.184. The van der Waals surface area contributed by atoms with Gasteiger partial charge in [-0.15, -0.1) is 0 Å². The largest absolute Gasteiger partial charge is 0.393 e. The van der Waals surface area contributed by atoms with Crippen LogP contribution in [0, 0.1) is 5.92 Å². The Kier molecular flexibility index (Phi) is 4.94. The summed E-state index contributed by atoms with van der Waals surface area (Å²) in [7, 11) is -3.40. The van der Waals surface area contributed by atoms with Crippen molar-refractivity contribution >= 4 is 21.6 Å². The Labute approximate surface area is 150 Å². The van der Waals surface area contributed by atoms with Crippen LogP contribution < -0.4 is 4.31 Å². The van der Waals surface area contributed by atoms with Crippen molar-refractivity contribution in [1.82, 2.24) is 4.90 Å². The SMILES string of the molecule is CS(=O)(=O)N1CCCc2cc(C(=O)N3CCC[C@@H](C(F)(F)F)C3)ccc21. The van der Waals surface area contributed by atoms with Crippen molar-refractivity contribution in [2.75, 3.05) is 30.2 Å². The van der Waals surface area contributed by atoms with Gasteiger partial charge in [0, 0.05) is 25.2 Å². The number of carbonyl (C=O) groups is 1. The number of aryl methyl sites for hydroxylation is 1. The molecule has 3 rings (SSSR count). The Morgan fingerprint density at radius 1 is 1.19 bits per heavy atom. The average Bonchev–Trinajstić information content (AvgIpc) is 2.58. The van der Waals surface area contributed by atoms with E-state index < -0.39 is 28.0 Å². The Morgan fingerprint density at radius 3 is 2.58 bits per heavy atom. The summed E-state index contributed by atoms with van der Waals surface area (Å²) in [6, 6.07) is 4.70. The van der Waals surface area contributed by atoms with Gasteiger partial charge in [0.2, 0.25) is 10.0 Å². The van der Waals surface area contributed by atoms with E-state index >= 15 is 0 Å². The third-order valence-corrected chi connectivity index (χ3v) is 6.15. The summed E-state index contributed by atoms with van der Waals surface area (Å²) in [5, 5.41) is 0. The van der Waals surface area contributed by atoms with E-state index in [2.05, 4.69) is 0 Å². The number of halogens is 3. The van der Waals surface area contributed by atoms with Gasteiger partial charge >= 0.3 is 6.18 Å². The van der Waals surface area contributed by atoms with Crippen LogP contribution in [0.5, 0.6) is 0 Å². The summed E-state index contributed by atoms with van der Waals surface area (Å²) in [4.78, 5) is 13.9. The first kappa shape index (κ1) is 19.0. The molecule has 0 unspecified atom stereocenters. The first-order chi connectivity index (χ1) is 12.1. The number of hydrogen-bond donors (Lipinski definition) is 0. The van der Waals surface area contributed by atoms with Crippen LogP contribution in [-0.2, 0) is 16.4 Å². The predicted molar refractivity (Wildman–Crippen MR) is 91.6 cm³/mol. The summed E-state index contributed by atoms with van der Waals surface area (Å²) in [5.74, 6) is -1.92. The van der Waals surface area contributed by atoms with E-state index in [9.17, 15) is 26.4 Å². The smallest absolute Gasteiger partial charge is 0.338 e. The number of alkyl halides is 3. The fourth-order valence-electron chi connectivity index (χ4n) is 3.65. The molecular weight excluding hydrogens is 369 g/mol. The molecule has 1 saturated heterocycles. The molecule has 9 heteroatoms. The van der Waals surface area contributed by atoms with Crippen molar-refractivity contribution < 1.29 is 26.4 Å². The third kappa shape index (κ3) is 3.82. The maximum absolute atomic E-state index is 13.0. The van der Waals surface area contributed by atoms with Crippen molar-refractivity contribution in [3.05, 3.63) is 29.3 Å². The zero-order valence-electron chi connectivity index (χ0n) is 14.4. The minimum absolute atomic E-state index is 0.0424. The number of nitrogens with zero attached hydrogens (tertiary/aromatic N) is 2. The Bertz CT molecular complexity index is 808. The van der Waals surface area contributed by atoms with Crippen molar-refractivity contribution in [2.24, 2.45) is 5.92 Å². The molecule has 0 aliphatic carbocycles. The summed E-state index contributed by atoms with van der Waals surface area (Å²) < 4.78 is 64.0. The van der Waals surface area contributed by atoms with Crippen LogP contribution >= 0.6 is 0 Å². The standard InChI is InChI=1S/C17H21F3N2O3S/c1-26(24,25)22-9-2-4-12-10-13(6-7-15(12)22)16(23)21-8-3-5-14(11-21)17(18,19)20/h6-7,10,14H,2-5,8-9,11H2,1H3/t14-/m1/s1. The lowest BCUT2D eigenvalue weighted by atomic mass is 9.96. The number of benzene rings is 1. The summed E-state index contributed by atoms with van der Waals surface area (Å²) >= 11 is 0. The highest BCUT2D eigenvalue weighted by Gasteiger charge is 2.42. The number of likely N-dealkylation sites (tertiary alicyclic amines) is 1. The number of sulfonamides is 1. The van der Waals surface area contributed by atoms with Crippen LogP contribution in [0.25, 0.3) is 0 Å². The quantitative estimate of drug-likeness (QED) is 0.780. The molecule has 0 spiro atoms. The highest BCUT2D eigenvalue weighted by Crippen LogP contribution is 2.34. The minimum Gasteiger partial charge on any atom is -0.338 e. The number of fused-ring (bicyclic) bond motifs is 1. The number of anilines is 1. The molecule has 0 bridgehead atoms. The Morgan fingerprint density at radius 2 is 1.92 bits per heavy atom. The molecule has 144 valence electrons. The van der Waals surface area contributed by atoms with Crippen LogP contribution in [0.15, 0.2) is 18.2 Å². The number of carbonyl (C=O) groups excluding carboxylic acids is 1. The first-order valence-electron chi connectivity index (χ1n) is 8.54. The predicted octanol–water partition coefficient (Wildman–Crippen LogP) is 2.81. The summed E-state index contributed by atoms with van der Waals surface area (Å²) in [6.07, 6.45) is -1.54. The van der Waals surface area contributed by atoms with Crippen LogP contribution in [0.1, 0.15) is 35.2 Å². The second kappa shape index (κ2) is 6.75. The van der Waals surface area contributed by atoms with Gasteiger partial charge in [-0.25, -0.2) is 8.42 Å². The van der Waals surface area contributed by atoms with Gasteiger partial charge in [0.1, 0.15) is 0 Å². The van der Waals surface area contributed by atoms with Crippen molar-refractivity contribution in [2.45, 2.75) is 31.9 Å². The monoisotopic (exact) mass is 390 g/mol. The molecule has 5 nitrogen and oxygen atoms in total. The molecule has 1 aromatic rings. The number of hydrogen-bond acceptors (Lipinski definition) is 3. The molecular formula is C17H21F3N2O3S. The molecule has 0 aromatic heterocycles. The molecule has 0 radical (unpaired) electrons. The third-order valence-electron chi connectivity index (χ3n) is 4.97. The molecule has 2 aliphatic heterocycles. The second-order valence-corrected chi connectivity index (χ2v) is 8.82. The van der Waals surface area contributed by atoms with E-state index in [1.165, 1.54) is 15.3 Å². The number of rotatable bonds is 2. The van der Waals surface area contributed by atoms with Gasteiger partial charge in [0.05, 0.1) is 17.9 Å². The van der Waals surface area contributed by atoms with Gasteiger partial charge in [0.15, 0.2) is 0 Å². The highest BCUT2D eigenvalue weighted by molar-refractivity contribution is 7.92. The fraction of sp³-hybridized carbons (Fsp3) is 0.588. The maximum atomic E-state index is 13.0. The van der Waals surface area contributed by atoms with Gasteiger partial charge in [0.25, 0.3) is 5.91 Å². The van der Waals surface area contributed by atoms with Crippen LogP contribution in [0.2, 0.25) is 0 Å². The van der Waals surface area contributed by atoms with Gasteiger partial charge in [-0.3, -0.25) is 9.10 Å². The van der Waals surface area contributed by atoms with E-state index in [-0.39, 0.29) is 13.0 Å². The van der Waals surface area contributed by atoms with E-state index in [0.29, 0.717) is 43.6 Å². The topological polar surface area (TPSA) is 57.7 Å². The lowest BCUT2D eigenvalue weighted by Gasteiger charge is -2.34. The normalized spacial score (nSPS) is 21.5. The first-order valence-corrected chi connectivity index (χ1v) is 10.4. The molecule has 2 heterocycles. The van der Waals surface area contributed by atoms with Crippen molar-refractivity contribution in [1.29, 1.82) is 0 Å². The maximum Gasteiger partial charge on any atom is 0.393 e. The molecule has 2 aliphatic rings. The zero-order chi connectivity index (χ0) is 19.1. The molecule has 1 atom stereocenters. The zero-order valence-corrected chi connectivity index (χ0v) is 15.2. The van der Waals surface area contributed by atoms with Crippen LogP contribution in [0.3, 0.4) is 0 Å². The van der Waals surface area contributed by atoms with E-state index in [1.807, 2.05) is 0 Å². The Balaban J connectivity index is 1.83. The molecule has 26 heavy (non-hydrogen) atoms. The Hall–Kier alpha value is -1.77. The summed E-state index contributed by atoms with van der Waals surface area (Å²) in [6.45, 7) is 0.366. The molecule has 0 N–H and O–H groups in total. The van der Waals surface area contributed by atoms with E-state index in [0.717, 1.165) is 11.8 Å². The van der Waals surface area contributed by atoms with E-state index in [1.54, 1.807) is 12.1 Å². The number of piperidine rings is 1. The van der Waals surface area contributed by atoms with Gasteiger partial charge in [-0.1, -0.05) is 0 Å². The highest BCUT2D eigenvalue weighted by atomic mass is 32.2. The van der Waals surface area contributed by atoms with Crippen molar-refractivity contribution in [3.8, 4) is 0 Å². The lowest BCUT2D eigenvalue weighted by Crippen LogP contribution is -2.44. The van der Waals surface area contributed by atoms with E-state index in [4.69, 9.17) is 0 Å². The van der Waals surface area contributed by atoms with Crippen LogP contribution in [0.4, 0.5) is 18.9 Å². The molecule has 0 saturated carbocycles. The van der Waals surface area contributed by atoms with Gasteiger partial charge < -0.3 is 4.90 Å². The average molecular weight is 390 g/mol. The minimum atomic E-state index is -4.30. The number of amides is 1. The molecule has 1 fully saturated rings. The van der Waals surface area contributed by atoms with Crippen molar-refractivity contribution in [3.63, 3.8) is 0 Å².